The molecular weight excluding hydrogens is 274 g/mol. The number of rotatable bonds is 3. The molecule has 3 N–H and O–H groups in total. The van der Waals surface area contributed by atoms with Crippen LogP contribution in [0.15, 0.2) is 42.5 Å². The van der Waals surface area contributed by atoms with E-state index in [0.29, 0.717) is 16.9 Å². The summed E-state index contributed by atoms with van der Waals surface area (Å²) in [5, 5.41) is 25.2. The number of nitro groups is 1. The van der Waals surface area contributed by atoms with Gasteiger partial charge in [0.25, 0.3) is 5.69 Å². The number of urea groups is 1. The maximum Gasteiger partial charge on any atom is 0.323 e. The second-order valence-electron chi connectivity index (χ2n) is 4.33. The van der Waals surface area contributed by atoms with Crippen molar-refractivity contribution in [1.82, 2.24) is 0 Å². The SMILES string of the molecule is Cc1c(O)cccc1NC(=O)Nc1ccc([N+](=O)[O-])cc1. The minimum atomic E-state index is -0.514. The smallest absolute Gasteiger partial charge is 0.323 e. The first kappa shape index (κ1) is 14.3. The average Bonchev–Trinajstić information content (AvgIpc) is 2.44. The molecule has 0 atom stereocenters. The molecule has 0 radical (unpaired) electrons. The summed E-state index contributed by atoms with van der Waals surface area (Å²) < 4.78 is 0. The first-order chi connectivity index (χ1) is 9.97. The Morgan fingerprint density at radius 2 is 1.81 bits per heavy atom. The summed E-state index contributed by atoms with van der Waals surface area (Å²) in [5.74, 6) is 0.0862. The van der Waals surface area contributed by atoms with Crippen molar-refractivity contribution in [2.75, 3.05) is 10.6 Å². The maximum absolute atomic E-state index is 11.8. The van der Waals surface area contributed by atoms with Crippen molar-refractivity contribution in [2.24, 2.45) is 0 Å². The molecule has 0 aliphatic rings. The van der Waals surface area contributed by atoms with E-state index >= 15 is 0 Å². The minimum absolute atomic E-state index is 0.0511. The molecule has 2 aromatic rings. The lowest BCUT2D eigenvalue weighted by atomic mass is 10.2. The van der Waals surface area contributed by atoms with Crippen molar-refractivity contribution in [3.05, 3.63) is 58.1 Å². The fourth-order valence-electron chi connectivity index (χ4n) is 1.71. The normalized spacial score (nSPS) is 9.95. The van der Waals surface area contributed by atoms with E-state index in [-0.39, 0.29) is 11.4 Å². The van der Waals surface area contributed by atoms with Gasteiger partial charge < -0.3 is 15.7 Å². The van der Waals surface area contributed by atoms with Crippen molar-refractivity contribution in [3.63, 3.8) is 0 Å². The van der Waals surface area contributed by atoms with Crippen molar-refractivity contribution in [2.45, 2.75) is 6.92 Å². The maximum atomic E-state index is 11.8. The first-order valence-electron chi connectivity index (χ1n) is 6.08. The average molecular weight is 287 g/mol. The van der Waals surface area contributed by atoms with Gasteiger partial charge in [-0.1, -0.05) is 6.07 Å². The molecule has 2 amide bonds. The topological polar surface area (TPSA) is 104 Å². The standard InChI is InChI=1S/C14H13N3O4/c1-9-12(3-2-4-13(9)18)16-14(19)15-10-5-7-11(8-6-10)17(20)21/h2-8,18H,1H3,(H2,15,16,19). The number of phenols is 1. The van der Waals surface area contributed by atoms with Gasteiger partial charge in [0.05, 0.1) is 4.92 Å². The molecule has 0 unspecified atom stereocenters. The number of nitro benzene ring substituents is 1. The van der Waals surface area contributed by atoms with Gasteiger partial charge in [-0.25, -0.2) is 4.79 Å². The van der Waals surface area contributed by atoms with Gasteiger partial charge in [-0.05, 0) is 31.2 Å². The van der Waals surface area contributed by atoms with Gasteiger partial charge in [-0.15, -0.1) is 0 Å². The molecule has 0 fully saturated rings. The van der Waals surface area contributed by atoms with Crippen molar-refractivity contribution >= 4 is 23.1 Å². The number of nitrogens with one attached hydrogen (secondary N) is 2. The Morgan fingerprint density at radius 1 is 1.14 bits per heavy atom. The summed E-state index contributed by atoms with van der Waals surface area (Å²) in [6, 6.07) is 9.77. The Balaban J connectivity index is 2.04. The number of non-ortho nitro benzene ring substituents is 1. The zero-order valence-corrected chi connectivity index (χ0v) is 11.2. The zero-order valence-electron chi connectivity index (χ0n) is 11.2. The van der Waals surface area contributed by atoms with Crippen LogP contribution in [0.3, 0.4) is 0 Å². The summed E-state index contributed by atoms with van der Waals surface area (Å²) in [6.45, 7) is 1.68. The summed E-state index contributed by atoms with van der Waals surface area (Å²) in [5.41, 5.74) is 1.41. The number of carbonyl (C=O) groups excluding carboxylic acids is 1. The van der Waals surface area contributed by atoms with Crippen LogP contribution in [0.5, 0.6) is 5.75 Å². The third-order valence-corrected chi connectivity index (χ3v) is 2.89. The van der Waals surface area contributed by atoms with Crippen LogP contribution in [0.25, 0.3) is 0 Å². The van der Waals surface area contributed by atoms with E-state index < -0.39 is 11.0 Å². The van der Waals surface area contributed by atoms with Crippen LogP contribution in [0, 0.1) is 17.0 Å². The number of aromatic hydroxyl groups is 1. The third kappa shape index (κ3) is 3.47. The molecule has 7 nitrogen and oxygen atoms in total. The van der Waals surface area contributed by atoms with E-state index in [1.165, 1.54) is 30.3 Å². The van der Waals surface area contributed by atoms with Gasteiger partial charge in [0.1, 0.15) is 5.75 Å². The molecule has 2 rings (SSSR count). The lowest BCUT2D eigenvalue weighted by Crippen LogP contribution is -2.19. The predicted octanol–water partition coefficient (Wildman–Crippen LogP) is 3.25. The van der Waals surface area contributed by atoms with Crippen LogP contribution in [0.4, 0.5) is 21.9 Å². The Bertz CT molecular complexity index is 683. The van der Waals surface area contributed by atoms with E-state index in [1.54, 1.807) is 19.1 Å². The molecule has 0 bridgehead atoms. The second kappa shape index (κ2) is 5.91. The Kier molecular flexibility index (Phi) is 4.03. The number of anilines is 2. The molecule has 0 aliphatic heterocycles. The predicted molar refractivity (Wildman–Crippen MR) is 78.6 cm³/mol. The summed E-state index contributed by atoms with van der Waals surface area (Å²) >= 11 is 0. The molecule has 108 valence electrons. The van der Waals surface area contributed by atoms with Crippen LogP contribution in [0.1, 0.15) is 5.56 Å². The molecule has 0 spiro atoms. The third-order valence-electron chi connectivity index (χ3n) is 2.89. The Hall–Kier alpha value is -3.09. The molecule has 0 aliphatic carbocycles. The van der Waals surface area contributed by atoms with Gasteiger partial charge in [0, 0.05) is 29.1 Å². The summed E-state index contributed by atoms with van der Waals surface area (Å²) in [7, 11) is 0. The molecule has 7 heteroatoms. The van der Waals surface area contributed by atoms with E-state index in [9.17, 15) is 20.0 Å². The molecule has 2 aromatic carbocycles. The number of nitrogens with zero attached hydrogens (tertiary/aromatic N) is 1. The highest BCUT2D eigenvalue weighted by atomic mass is 16.6. The van der Waals surface area contributed by atoms with Crippen molar-refractivity contribution < 1.29 is 14.8 Å². The van der Waals surface area contributed by atoms with Crippen LogP contribution >= 0.6 is 0 Å². The van der Waals surface area contributed by atoms with Crippen molar-refractivity contribution in [1.29, 1.82) is 0 Å². The number of carbonyl (C=O) groups is 1. The lowest BCUT2D eigenvalue weighted by molar-refractivity contribution is -0.384. The number of phenolic OH excluding ortho intramolecular Hbond substituents is 1. The molecule has 0 heterocycles. The highest BCUT2D eigenvalue weighted by Crippen LogP contribution is 2.24. The Labute approximate surface area is 120 Å². The van der Waals surface area contributed by atoms with E-state index in [2.05, 4.69) is 10.6 Å². The van der Waals surface area contributed by atoms with Crippen LogP contribution in [0.2, 0.25) is 0 Å². The van der Waals surface area contributed by atoms with Crippen LogP contribution in [-0.2, 0) is 0 Å². The van der Waals surface area contributed by atoms with Gasteiger partial charge in [-0.2, -0.15) is 0 Å². The van der Waals surface area contributed by atoms with Gasteiger partial charge in [-0.3, -0.25) is 10.1 Å². The van der Waals surface area contributed by atoms with Crippen LogP contribution < -0.4 is 10.6 Å². The summed E-state index contributed by atoms with van der Waals surface area (Å²) in [6.07, 6.45) is 0. The minimum Gasteiger partial charge on any atom is -0.508 e. The molecule has 21 heavy (non-hydrogen) atoms. The molecular formula is C14H13N3O4. The molecule has 0 aromatic heterocycles. The Morgan fingerprint density at radius 3 is 2.43 bits per heavy atom. The van der Waals surface area contributed by atoms with Gasteiger partial charge in [0.15, 0.2) is 0 Å². The highest BCUT2D eigenvalue weighted by Gasteiger charge is 2.08. The summed E-state index contributed by atoms with van der Waals surface area (Å²) in [4.78, 5) is 21.8. The lowest BCUT2D eigenvalue weighted by Gasteiger charge is -2.10. The fraction of sp³-hybridized carbons (Fsp3) is 0.0714. The number of hydrogen-bond donors (Lipinski definition) is 3. The highest BCUT2D eigenvalue weighted by molar-refractivity contribution is 6.00. The number of benzene rings is 2. The van der Waals surface area contributed by atoms with E-state index in [0.717, 1.165) is 0 Å². The van der Waals surface area contributed by atoms with Crippen molar-refractivity contribution in [3.8, 4) is 5.75 Å². The monoisotopic (exact) mass is 287 g/mol. The molecule has 0 saturated carbocycles. The fourth-order valence-corrected chi connectivity index (χ4v) is 1.71. The quantitative estimate of drug-likeness (QED) is 0.595. The van der Waals surface area contributed by atoms with E-state index in [4.69, 9.17) is 0 Å². The van der Waals surface area contributed by atoms with Gasteiger partial charge >= 0.3 is 6.03 Å². The molecule has 0 saturated heterocycles. The zero-order chi connectivity index (χ0) is 15.4. The number of amides is 2. The van der Waals surface area contributed by atoms with Gasteiger partial charge in [0.2, 0.25) is 0 Å². The second-order valence-corrected chi connectivity index (χ2v) is 4.33. The number of hydrogen-bond acceptors (Lipinski definition) is 4. The van der Waals surface area contributed by atoms with Crippen LogP contribution in [-0.4, -0.2) is 16.1 Å². The van der Waals surface area contributed by atoms with E-state index in [1.807, 2.05) is 0 Å². The first-order valence-corrected chi connectivity index (χ1v) is 6.08. The largest absolute Gasteiger partial charge is 0.508 e.